The third-order valence-corrected chi connectivity index (χ3v) is 2.10. The van der Waals surface area contributed by atoms with Gasteiger partial charge in [0.25, 0.3) is 0 Å². The lowest BCUT2D eigenvalue weighted by atomic mass is 10.2. The summed E-state index contributed by atoms with van der Waals surface area (Å²) in [4.78, 5) is 13.2. The number of aliphatic hydroxyl groups excluding tert-OH is 1. The van der Waals surface area contributed by atoms with Gasteiger partial charge in [-0.25, -0.2) is 0 Å². The van der Waals surface area contributed by atoms with E-state index in [2.05, 4.69) is 5.32 Å². The number of nitrogens with one attached hydrogen (secondary N) is 1. The zero-order chi connectivity index (χ0) is 8.97. The summed E-state index contributed by atoms with van der Waals surface area (Å²) >= 11 is 0. The summed E-state index contributed by atoms with van der Waals surface area (Å²) < 4.78 is 0. The van der Waals surface area contributed by atoms with Crippen molar-refractivity contribution in [1.29, 1.82) is 0 Å². The Labute approximate surface area is 72.6 Å². The molecule has 1 saturated heterocycles. The van der Waals surface area contributed by atoms with Crippen molar-refractivity contribution in [3.05, 3.63) is 0 Å². The maximum atomic E-state index is 11.4. The van der Waals surface area contributed by atoms with Crippen LogP contribution in [0.4, 0.5) is 0 Å². The standard InChI is InChI=1S/C8H16N2O2/c1-7-8(12)10(4-2-6-11)5-3-9-7/h7,9,11H,2-6H2,1H3. The Balaban J connectivity index is 2.36. The van der Waals surface area contributed by atoms with E-state index in [-0.39, 0.29) is 18.6 Å². The molecule has 1 rings (SSSR count). The Hall–Kier alpha value is -0.610. The van der Waals surface area contributed by atoms with E-state index in [1.165, 1.54) is 0 Å². The number of aliphatic hydroxyl groups is 1. The number of carbonyl (C=O) groups is 1. The molecule has 0 aliphatic carbocycles. The van der Waals surface area contributed by atoms with Crippen LogP contribution in [0.1, 0.15) is 13.3 Å². The topological polar surface area (TPSA) is 52.6 Å². The van der Waals surface area contributed by atoms with E-state index >= 15 is 0 Å². The molecule has 0 saturated carbocycles. The number of rotatable bonds is 3. The second kappa shape index (κ2) is 4.42. The molecule has 12 heavy (non-hydrogen) atoms. The molecule has 0 aromatic heterocycles. The molecular weight excluding hydrogens is 156 g/mol. The fourth-order valence-electron chi connectivity index (χ4n) is 1.37. The molecule has 1 atom stereocenters. The second-order valence-corrected chi connectivity index (χ2v) is 3.08. The number of nitrogens with zero attached hydrogens (tertiary/aromatic N) is 1. The number of hydrogen-bond donors (Lipinski definition) is 2. The van der Waals surface area contributed by atoms with Crippen molar-refractivity contribution in [3.63, 3.8) is 0 Å². The summed E-state index contributed by atoms with van der Waals surface area (Å²) in [6.07, 6.45) is 0.679. The van der Waals surface area contributed by atoms with Crippen LogP contribution in [0.5, 0.6) is 0 Å². The van der Waals surface area contributed by atoms with Crippen LogP contribution in [0.2, 0.25) is 0 Å². The lowest BCUT2D eigenvalue weighted by Gasteiger charge is -2.31. The third kappa shape index (κ3) is 2.19. The van der Waals surface area contributed by atoms with Gasteiger partial charge in [0.15, 0.2) is 0 Å². The molecular formula is C8H16N2O2. The molecule has 4 heteroatoms. The first-order valence-electron chi connectivity index (χ1n) is 4.38. The van der Waals surface area contributed by atoms with Crippen LogP contribution in [-0.4, -0.2) is 48.2 Å². The van der Waals surface area contributed by atoms with Gasteiger partial charge in [-0.05, 0) is 13.3 Å². The van der Waals surface area contributed by atoms with Gasteiger partial charge in [0, 0.05) is 26.2 Å². The molecule has 0 aromatic rings. The average molecular weight is 172 g/mol. The lowest BCUT2D eigenvalue weighted by molar-refractivity contribution is -0.135. The first-order valence-corrected chi connectivity index (χ1v) is 4.38. The third-order valence-electron chi connectivity index (χ3n) is 2.10. The summed E-state index contributed by atoms with van der Waals surface area (Å²) in [5.41, 5.74) is 0. The van der Waals surface area contributed by atoms with Crippen LogP contribution in [0.3, 0.4) is 0 Å². The summed E-state index contributed by atoms with van der Waals surface area (Å²) in [7, 11) is 0. The van der Waals surface area contributed by atoms with Gasteiger partial charge in [-0.3, -0.25) is 4.79 Å². The Morgan fingerprint density at radius 2 is 2.50 bits per heavy atom. The van der Waals surface area contributed by atoms with Gasteiger partial charge in [-0.15, -0.1) is 0 Å². The smallest absolute Gasteiger partial charge is 0.239 e. The molecule has 1 unspecified atom stereocenters. The minimum atomic E-state index is -0.0579. The number of hydrogen-bond acceptors (Lipinski definition) is 3. The molecule has 1 fully saturated rings. The summed E-state index contributed by atoms with van der Waals surface area (Å²) in [6, 6.07) is -0.0579. The fourth-order valence-corrected chi connectivity index (χ4v) is 1.37. The summed E-state index contributed by atoms with van der Waals surface area (Å²) in [5, 5.41) is 11.7. The van der Waals surface area contributed by atoms with Crippen LogP contribution in [0, 0.1) is 0 Å². The highest BCUT2D eigenvalue weighted by Crippen LogP contribution is 2.01. The first-order chi connectivity index (χ1) is 5.75. The highest BCUT2D eigenvalue weighted by Gasteiger charge is 2.23. The minimum absolute atomic E-state index is 0.0579. The van der Waals surface area contributed by atoms with Crippen LogP contribution < -0.4 is 5.32 Å². The number of carbonyl (C=O) groups excluding carboxylic acids is 1. The molecule has 4 nitrogen and oxygen atoms in total. The van der Waals surface area contributed by atoms with E-state index in [1.807, 2.05) is 6.92 Å². The largest absolute Gasteiger partial charge is 0.396 e. The quantitative estimate of drug-likeness (QED) is 0.585. The zero-order valence-corrected chi connectivity index (χ0v) is 7.42. The van der Waals surface area contributed by atoms with E-state index in [9.17, 15) is 4.79 Å². The van der Waals surface area contributed by atoms with E-state index in [0.29, 0.717) is 13.0 Å². The highest BCUT2D eigenvalue weighted by molar-refractivity contribution is 5.82. The molecule has 1 heterocycles. The zero-order valence-electron chi connectivity index (χ0n) is 7.42. The maximum Gasteiger partial charge on any atom is 0.239 e. The lowest BCUT2D eigenvalue weighted by Crippen LogP contribution is -2.53. The Morgan fingerprint density at radius 1 is 1.75 bits per heavy atom. The average Bonchev–Trinajstić information content (AvgIpc) is 2.08. The molecule has 70 valence electrons. The summed E-state index contributed by atoms with van der Waals surface area (Å²) in [6.45, 7) is 4.34. The normalized spacial score (nSPS) is 24.7. The second-order valence-electron chi connectivity index (χ2n) is 3.08. The SMILES string of the molecule is CC1NCCN(CCCO)C1=O. The molecule has 0 bridgehead atoms. The van der Waals surface area contributed by atoms with E-state index in [0.717, 1.165) is 13.1 Å². The molecule has 2 N–H and O–H groups in total. The van der Waals surface area contributed by atoms with Crippen molar-refractivity contribution in [2.24, 2.45) is 0 Å². The van der Waals surface area contributed by atoms with Crippen molar-refractivity contribution < 1.29 is 9.90 Å². The van der Waals surface area contributed by atoms with Crippen molar-refractivity contribution in [3.8, 4) is 0 Å². The van der Waals surface area contributed by atoms with Crippen LogP contribution in [0.25, 0.3) is 0 Å². The molecule has 1 amide bonds. The van der Waals surface area contributed by atoms with Crippen LogP contribution in [-0.2, 0) is 4.79 Å². The van der Waals surface area contributed by atoms with Crippen molar-refractivity contribution in [1.82, 2.24) is 10.2 Å². The molecule has 1 aliphatic heterocycles. The minimum Gasteiger partial charge on any atom is -0.396 e. The van der Waals surface area contributed by atoms with Crippen LogP contribution >= 0.6 is 0 Å². The predicted octanol–water partition coefficient (Wildman–Crippen LogP) is -0.811. The van der Waals surface area contributed by atoms with Crippen LogP contribution in [0.15, 0.2) is 0 Å². The van der Waals surface area contributed by atoms with Gasteiger partial charge in [-0.1, -0.05) is 0 Å². The Morgan fingerprint density at radius 3 is 3.17 bits per heavy atom. The number of amides is 1. The van der Waals surface area contributed by atoms with E-state index in [4.69, 9.17) is 5.11 Å². The molecule has 1 aliphatic rings. The van der Waals surface area contributed by atoms with E-state index < -0.39 is 0 Å². The maximum absolute atomic E-state index is 11.4. The molecule has 0 aromatic carbocycles. The number of piperazine rings is 1. The fraction of sp³-hybridized carbons (Fsp3) is 0.875. The van der Waals surface area contributed by atoms with E-state index in [1.54, 1.807) is 4.90 Å². The predicted molar refractivity (Wildman–Crippen MR) is 45.7 cm³/mol. The van der Waals surface area contributed by atoms with Gasteiger partial charge in [-0.2, -0.15) is 0 Å². The van der Waals surface area contributed by atoms with Gasteiger partial charge >= 0.3 is 0 Å². The Bertz CT molecular complexity index is 161. The molecule has 0 radical (unpaired) electrons. The van der Waals surface area contributed by atoms with Gasteiger partial charge in [0.05, 0.1) is 6.04 Å². The van der Waals surface area contributed by atoms with Gasteiger partial charge < -0.3 is 15.3 Å². The summed E-state index contributed by atoms with van der Waals surface area (Å²) in [5.74, 6) is 0.148. The van der Waals surface area contributed by atoms with Crippen molar-refractivity contribution in [2.75, 3.05) is 26.2 Å². The molecule has 0 spiro atoms. The van der Waals surface area contributed by atoms with Crippen molar-refractivity contribution in [2.45, 2.75) is 19.4 Å². The van der Waals surface area contributed by atoms with Gasteiger partial charge in [0.1, 0.15) is 0 Å². The Kier molecular flexibility index (Phi) is 3.49. The van der Waals surface area contributed by atoms with Crippen molar-refractivity contribution >= 4 is 5.91 Å². The highest BCUT2D eigenvalue weighted by atomic mass is 16.3. The van der Waals surface area contributed by atoms with Gasteiger partial charge in [0.2, 0.25) is 5.91 Å². The first kappa shape index (κ1) is 9.48. The monoisotopic (exact) mass is 172 g/mol.